The number of fused-ring (bicyclic) bond motifs is 1. The Bertz CT molecular complexity index is 943. The molecular weight excluding hydrogens is 347 g/mol. The summed E-state index contributed by atoms with van der Waals surface area (Å²) in [5.74, 6) is 0. The lowest BCUT2D eigenvalue weighted by molar-refractivity contribution is -0.137. The fourth-order valence-electron chi connectivity index (χ4n) is 3.64. The quantitative estimate of drug-likeness (QED) is 0.585. The van der Waals surface area contributed by atoms with Crippen molar-refractivity contribution in [2.45, 2.75) is 25.4 Å². The number of rotatable bonds is 4. The molecule has 138 valence electrons. The highest BCUT2D eigenvalue weighted by Gasteiger charge is 2.33. The van der Waals surface area contributed by atoms with Crippen molar-refractivity contribution in [2.75, 3.05) is 11.9 Å². The number of hydrogen-bond donors (Lipinski definition) is 1. The first-order valence-electron chi connectivity index (χ1n) is 9.12. The minimum Gasteiger partial charge on any atom is -0.384 e. The monoisotopic (exact) mass is 367 g/mol. The Balaban J connectivity index is 1.49. The first kappa shape index (κ1) is 17.7. The number of aryl methyl sites for hydroxylation is 2. The molecule has 1 aliphatic heterocycles. The Morgan fingerprint density at radius 1 is 0.815 bits per heavy atom. The van der Waals surface area contributed by atoms with Crippen LogP contribution in [0.5, 0.6) is 0 Å². The molecule has 0 fully saturated rings. The summed E-state index contributed by atoms with van der Waals surface area (Å²) in [4.78, 5) is 0. The topological polar surface area (TPSA) is 12.0 Å². The average molecular weight is 367 g/mol. The molecule has 0 spiro atoms. The zero-order chi connectivity index (χ0) is 18.9. The van der Waals surface area contributed by atoms with Crippen molar-refractivity contribution in [2.24, 2.45) is 0 Å². The number of anilines is 1. The summed E-state index contributed by atoms with van der Waals surface area (Å²) >= 11 is 0. The van der Waals surface area contributed by atoms with Crippen LogP contribution < -0.4 is 5.32 Å². The molecule has 1 N–H and O–H groups in total. The predicted octanol–water partition coefficient (Wildman–Crippen LogP) is 6.13. The zero-order valence-electron chi connectivity index (χ0n) is 14.8. The van der Waals surface area contributed by atoms with Gasteiger partial charge in [0.1, 0.15) is 0 Å². The molecule has 3 aromatic rings. The van der Waals surface area contributed by atoms with E-state index in [-0.39, 0.29) is 5.56 Å². The van der Waals surface area contributed by atoms with Crippen LogP contribution in [0.3, 0.4) is 0 Å². The highest BCUT2D eigenvalue weighted by molar-refractivity contribution is 5.68. The molecule has 0 bridgehead atoms. The van der Waals surface area contributed by atoms with Gasteiger partial charge in [-0.15, -0.1) is 0 Å². The molecule has 0 saturated carbocycles. The average Bonchev–Trinajstić information content (AvgIpc) is 3.14. The first-order valence-corrected chi connectivity index (χ1v) is 9.12. The Kier molecular flexibility index (Phi) is 4.65. The van der Waals surface area contributed by atoms with Gasteiger partial charge in [0, 0.05) is 12.2 Å². The van der Waals surface area contributed by atoms with Crippen molar-refractivity contribution in [1.82, 2.24) is 0 Å². The van der Waals surface area contributed by atoms with E-state index < -0.39 is 11.7 Å². The van der Waals surface area contributed by atoms with Gasteiger partial charge in [0.25, 0.3) is 0 Å². The number of halogens is 3. The largest absolute Gasteiger partial charge is 0.417 e. The van der Waals surface area contributed by atoms with Gasteiger partial charge in [0.2, 0.25) is 0 Å². The highest BCUT2D eigenvalue weighted by Crippen LogP contribution is 2.37. The number of benzene rings is 3. The minimum atomic E-state index is -4.35. The highest BCUT2D eigenvalue weighted by atomic mass is 19.4. The third-order valence-electron chi connectivity index (χ3n) is 5.08. The predicted molar refractivity (Wildman–Crippen MR) is 103 cm³/mol. The second-order valence-corrected chi connectivity index (χ2v) is 6.91. The molecule has 0 amide bonds. The van der Waals surface area contributed by atoms with Crippen LogP contribution in [0.1, 0.15) is 22.3 Å². The van der Waals surface area contributed by atoms with Gasteiger partial charge in [0.15, 0.2) is 0 Å². The molecule has 4 rings (SSSR count). The lowest BCUT2D eigenvalue weighted by Gasteiger charge is -2.13. The Labute approximate surface area is 156 Å². The molecule has 1 aliphatic rings. The second kappa shape index (κ2) is 7.10. The molecule has 0 aliphatic carbocycles. The van der Waals surface area contributed by atoms with Crippen molar-refractivity contribution >= 4 is 5.69 Å². The van der Waals surface area contributed by atoms with Crippen LogP contribution in [-0.4, -0.2) is 6.54 Å². The first-order chi connectivity index (χ1) is 13.0. The normalized spacial score (nSPS) is 13.3. The lowest BCUT2D eigenvalue weighted by atomic mass is 9.96. The molecule has 4 heteroatoms. The lowest BCUT2D eigenvalue weighted by Crippen LogP contribution is -2.06. The van der Waals surface area contributed by atoms with Gasteiger partial charge in [0.05, 0.1) is 5.56 Å². The van der Waals surface area contributed by atoms with Crippen molar-refractivity contribution in [1.29, 1.82) is 0 Å². The molecule has 1 heterocycles. The van der Waals surface area contributed by atoms with Crippen LogP contribution >= 0.6 is 0 Å². The second-order valence-electron chi connectivity index (χ2n) is 6.91. The SMILES string of the molecule is FC(F)(F)c1ccccc1-c1ccc(CCc2ccc3c(c2)CCN3)cc1. The van der Waals surface area contributed by atoms with E-state index in [9.17, 15) is 13.2 Å². The van der Waals surface area contributed by atoms with Gasteiger partial charge in [-0.3, -0.25) is 0 Å². The van der Waals surface area contributed by atoms with E-state index in [0.29, 0.717) is 5.56 Å². The minimum absolute atomic E-state index is 0.225. The van der Waals surface area contributed by atoms with Gasteiger partial charge in [-0.1, -0.05) is 54.6 Å². The summed E-state index contributed by atoms with van der Waals surface area (Å²) in [6.07, 6.45) is -1.49. The van der Waals surface area contributed by atoms with Crippen molar-refractivity contribution in [3.8, 4) is 11.1 Å². The van der Waals surface area contributed by atoms with E-state index >= 15 is 0 Å². The third-order valence-corrected chi connectivity index (χ3v) is 5.08. The summed E-state index contributed by atoms with van der Waals surface area (Å²) in [6, 6.07) is 19.7. The van der Waals surface area contributed by atoms with E-state index in [2.05, 4.69) is 23.5 Å². The van der Waals surface area contributed by atoms with E-state index in [4.69, 9.17) is 0 Å². The zero-order valence-corrected chi connectivity index (χ0v) is 14.8. The molecule has 0 atom stereocenters. The fraction of sp³-hybridized carbons (Fsp3) is 0.217. The number of hydrogen-bond acceptors (Lipinski definition) is 1. The van der Waals surface area contributed by atoms with Gasteiger partial charge >= 0.3 is 6.18 Å². The van der Waals surface area contributed by atoms with Gasteiger partial charge in [-0.2, -0.15) is 13.2 Å². The van der Waals surface area contributed by atoms with Crippen LogP contribution in [-0.2, 0) is 25.4 Å². The van der Waals surface area contributed by atoms with Gasteiger partial charge < -0.3 is 5.32 Å². The number of nitrogens with one attached hydrogen (secondary N) is 1. The molecular formula is C23H20F3N. The van der Waals surface area contributed by atoms with Crippen LogP contribution in [0.2, 0.25) is 0 Å². The van der Waals surface area contributed by atoms with E-state index in [0.717, 1.165) is 37.4 Å². The molecule has 0 radical (unpaired) electrons. The maximum atomic E-state index is 13.2. The van der Waals surface area contributed by atoms with Crippen molar-refractivity contribution in [3.05, 3.63) is 89.0 Å². The summed E-state index contributed by atoms with van der Waals surface area (Å²) < 4.78 is 39.6. The Morgan fingerprint density at radius 2 is 1.52 bits per heavy atom. The van der Waals surface area contributed by atoms with Gasteiger partial charge in [-0.25, -0.2) is 0 Å². The molecule has 27 heavy (non-hydrogen) atoms. The van der Waals surface area contributed by atoms with Crippen LogP contribution in [0, 0.1) is 0 Å². The fourth-order valence-corrected chi connectivity index (χ4v) is 3.64. The Morgan fingerprint density at radius 3 is 2.30 bits per heavy atom. The maximum absolute atomic E-state index is 13.2. The smallest absolute Gasteiger partial charge is 0.384 e. The van der Waals surface area contributed by atoms with E-state index in [1.807, 2.05) is 12.1 Å². The van der Waals surface area contributed by atoms with Gasteiger partial charge in [-0.05, 0) is 59.2 Å². The van der Waals surface area contributed by atoms with Crippen LogP contribution in [0.15, 0.2) is 66.7 Å². The summed E-state index contributed by atoms with van der Waals surface area (Å²) in [6.45, 7) is 1.000. The maximum Gasteiger partial charge on any atom is 0.417 e. The Hall–Kier alpha value is -2.75. The molecule has 0 saturated heterocycles. The van der Waals surface area contributed by atoms with Crippen LogP contribution in [0.25, 0.3) is 11.1 Å². The van der Waals surface area contributed by atoms with Crippen LogP contribution in [0.4, 0.5) is 18.9 Å². The standard InChI is InChI=1S/C23H20F3N/c24-23(25,26)21-4-2-1-3-20(21)18-10-7-16(8-11-18)5-6-17-9-12-22-19(15-17)13-14-27-22/h1-4,7-12,15,27H,5-6,13-14H2. The summed E-state index contributed by atoms with van der Waals surface area (Å²) in [5.41, 5.74) is 5.24. The van der Waals surface area contributed by atoms with E-state index in [1.165, 1.54) is 28.9 Å². The number of alkyl halides is 3. The molecule has 1 nitrogen and oxygen atoms in total. The molecule has 0 aromatic heterocycles. The summed E-state index contributed by atoms with van der Waals surface area (Å²) in [5, 5.41) is 3.36. The van der Waals surface area contributed by atoms with E-state index in [1.54, 1.807) is 18.2 Å². The van der Waals surface area contributed by atoms with Crippen molar-refractivity contribution < 1.29 is 13.2 Å². The molecule has 0 unspecified atom stereocenters. The van der Waals surface area contributed by atoms with Crippen molar-refractivity contribution in [3.63, 3.8) is 0 Å². The molecule has 3 aromatic carbocycles. The third kappa shape index (κ3) is 3.85. The summed E-state index contributed by atoms with van der Waals surface area (Å²) in [7, 11) is 0.